The van der Waals surface area contributed by atoms with Gasteiger partial charge in [0.1, 0.15) is 6.04 Å². The minimum Gasteiger partial charge on any atom is -0.425 e. The van der Waals surface area contributed by atoms with E-state index in [1.165, 1.54) is 20.0 Å². The minimum atomic E-state index is -1.17. The van der Waals surface area contributed by atoms with Gasteiger partial charge in [-0.3, -0.25) is 14.5 Å². The number of carbonyl (C=O) groups is 3. The SMILES string of the molecule is CC(O)CNC(=O)C(Cc1ccc(F)c(F)c1)N(C)C(=O)OC(Cc1ccc2ccccc2c1)NC=O. The van der Waals surface area contributed by atoms with Crippen LogP contribution in [0.4, 0.5) is 13.6 Å². The van der Waals surface area contributed by atoms with E-state index in [0.717, 1.165) is 33.4 Å². The molecule has 0 spiro atoms. The van der Waals surface area contributed by atoms with Crippen LogP contribution in [0.3, 0.4) is 0 Å². The third-order valence-corrected chi connectivity index (χ3v) is 5.77. The molecule has 3 unspecified atom stereocenters. The second-order valence-corrected chi connectivity index (χ2v) is 8.72. The number of hydrogen-bond donors (Lipinski definition) is 3. The van der Waals surface area contributed by atoms with E-state index >= 15 is 0 Å². The molecule has 0 aliphatic carbocycles. The Morgan fingerprint density at radius 2 is 1.68 bits per heavy atom. The van der Waals surface area contributed by atoms with E-state index in [4.69, 9.17) is 4.74 Å². The number of fused-ring (bicyclic) bond motifs is 1. The van der Waals surface area contributed by atoms with E-state index in [2.05, 4.69) is 10.6 Å². The van der Waals surface area contributed by atoms with Gasteiger partial charge < -0.3 is 20.5 Å². The molecule has 0 bridgehead atoms. The zero-order chi connectivity index (χ0) is 26.9. The van der Waals surface area contributed by atoms with E-state index in [1.807, 2.05) is 42.5 Å². The maximum atomic E-state index is 13.8. The highest BCUT2D eigenvalue weighted by molar-refractivity contribution is 5.86. The van der Waals surface area contributed by atoms with Gasteiger partial charge in [-0.15, -0.1) is 0 Å². The van der Waals surface area contributed by atoms with Crippen LogP contribution < -0.4 is 10.6 Å². The number of hydrogen-bond acceptors (Lipinski definition) is 5. The van der Waals surface area contributed by atoms with Crippen molar-refractivity contribution >= 4 is 29.2 Å². The topological polar surface area (TPSA) is 108 Å². The summed E-state index contributed by atoms with van der Waals surface area (Å²) in [5, 5.41) is 16.5. The normalized spacial score (nSPS) is 13.3. The number of aliphatic hydroxyl groups excluding tert-OH is 1. The average molecular weight is 514 g/mol. The Hall–Kier alpha value is -4.05. The highest BCUT2D eigenvalue weighted by Crippen LogP contribution is 2.18. The van der Waals surface area contributed by atoms with Crippen molar-refractivity contribution in [1.82, 2.24) is 15.5 Å². The Balaban J connectivity index is 1.76. The molecule has 37 heavy (non-hydrogen) atoms. The summed E-state index contributed by atoms with van der Waals surface area (Å²) in [7, 11) is 1.32. The standard InChI is InChI=1S/C27H29F2N3O5/c1-17(34)15-30-26(35)24(13-19-8-10-22(28)23(29)12-19)32(2)27(36)37-25(31-16-33)14-18-7-9-20-5-3-4-6-21(20)11-18/h3-12,16-17,24-25,34H,13-15H2,1-2H3,(H,30,35)(H,31,33). The minimum absolute atomic E-state index is 0.0761. The summed E-state index contributed by atoms with van der Waals surface area (Å²) in [6.45, 7) is 1.40. The summed E-state index contributed by atoms with van der Waals surface area (Å²) in [6.07, 6.45) is -2.35. The van der Waals surface area contributed by atoms with Crippen molar-refractivity contribution in [2.45, 2.75) is 38.1 Å². The zero-order valence-corrected chi connectivity index (χ0v) is 20.5. The number of nitrogens with one attached hydrogen (secondary N) is 2. The Labute approximate surface area is 213 Å². The molecule has 3 amide bonds. The largest absolute Gasteiger partial charge is 0.425 e. The summed E-state index contributed by atoms with van der Waals surface area (Å²) >= 11 is 0. The third kappa shape index (κ3) is 7.71. The third-order valence-electron chi connectivity index (χ3n) is 5.77. The maximum absolute atomic E-state index is 13.8. The molecular formula is C27H29F2N3O5. The van der Waals surface area contributed by atoms with Crippen LogP contribution in [0.15, 0.2) is 60.7 Å². The first-order chi connectivity index (χ1) is 17.7. The molecule has 0 fully saturated rings. The Bertz CT molecular complexity index is 1250. The van der Waals surface area contributed by atoms with Crippen LogP contribution in [-0.4, -0.2) is 60.4 Å². The van der Waals surface area contributed by atoms with Crippen molar-refractivity contribution in [3.8, 4) is 0 Å². The van der Waals surface area contributed by atoms with Crippen molar-refractivity contribution in [3.05, 3.63) is 83.4 Å². The van der Waals surface area contributed by atoms with Gasteiger partial charge in [0, 0.05) is 26.4 Å². The lowest BCUT2D eigenvalue weighted by atomic mass is 10.0. The molecular weight excluding hydrogens is 484 g/mol. The zero-order valence-electron chi connectivity index (χ0n) is 20.5. The van der Waals surface area contributed by atoms with Gasteiger partial charge in [0.15, 0.2) is 17.9 Å². The second-order valence-electron chi connectivity index (χ2n) is 8.72. The van der Waals surface area contributed by atoms with E-state index in [1.54, 1.807) is 0 Å². The number of benzene rings is 3. The van der Waals surface area contributed by atoms with Gasteiger partial charge in [-0.2, -0.15) is 0 Å². The van der Waals surface area contributed by atoms with E-state index in [-0.39, 0.29) is 24.9 Å². The summed E-state index contributed by atoms with van der Waals surface area (Å²) in [6, 6.07) is 15.4. The quantitative estimate of drug-likeness (QED) is 0.270. The molecule has 0 aliphatic rings. The molecule has 3 aromatic rings. The van der Waals surface area contributed by atoms with E-state index in [9.17, 15) is 28.3 Å². The molecule has 8 nitrogen and oxygen atoms in total. The maximum Gasteiger partial charge on any atom is 0.412 e. The Morgan fingerprint density at radius 3 is 2.35 bits per heavy atom. The molecule has 3 aromatic carbocycles. The first-order valence-corrected chi connectivity index (χ1v) is 11.7. The molecule has 0 saturated heterocycles. The predicted octanol–water partition coefficient (Wildman–Crippen LogP) is 2.91. The summed E-state index contributed by atoms with van der Waals surface area (Å²) in [5.41, 5.74) is 1.08. The highest BCUT2D eigenvalue weighted by Gasteiger charge is 2.30. The summed E-state index contributed by atoms with van der Waals surface area (Å²) < 4.78 is 32.6. The van der Waals surface area contributed by atoms with E-state index < -0.39 is 42.0 Å². The monoisotopic (exact) mass is 513 g/mol. The highest BCUT2D eigenvalue weighted by atomic mass is 19.2. The number of aliphatic hydroxyl groups is 1. The van der Waals surface area contributed by atoms with Gasteiger partial charge in [0.25, 0.3) is 0 Å². The van der Waals surface area contributed by atoms with Crippen molar-refractivity contribution in [2.24, 2.45) is 0 Å². The fourth-order valence-electron chi connectivity index (χ4n) is 3.78. The second kappa shape index (κ2) is 12.8. The van der Waals surface area contributed by atoms with Crippen LogP contribution in [0.5, 0.6) is 0 Å². The predicted molar refractivity (Wildman–Crippen MR) is 133 cm³/mol. The Morgan fingerprint density at radius 1 is 1.00 bits per heavy atom. The summed E-state index contributed by atoms with van der Waals surface area (Å²) in [5.74, 6) is -2.75. The average Bonchev–Trinajstić information content (AvgIpc) is 2.87. The van der Waals surface area contributed by atoms with Crippen molar-refractivity contribution in [1.29, 1.82) is 0 Å². The molecule has 0 aromatic heterocycles. The van der Waals surface area contributed by atoms with Gasteiger partial charge in [0.05, 0.1) is 6.10 Å². The van der Waals surface area contributed by atoms with Crippen LogP contribution in [0.2, 0.25) is 0 Å². The molecule has 3 rings (SSSR count). The Kier molecular flexibility index (Phi) is 9.51. The van der Waals surface area contributed by atoms with Crippen LogP contribution in [0.25, 0.3) is 10.8 Å². The molecule has 3 atom stereocenters. The molecule has 10 heteroatoms. The lowest BCUT2D eigenvalue weighted by Gasteiger charge is -2.29. The van der Waals surface area contributed by atoms with Gasteiger partial charge in [-0.25, -0.2) is 13.6 Å². The van der Waals surface area contributed by atoms with Crippen LogP contribution in [0, 0.1) is 11.6 Å². The number of ether oxygens (including phenoxy) is 1. The first-order valence-electron chi connectivity index (χ1n) is 11.7. The van der Waals surface area contributed by atoms with Gasteiger partial charge >= 0.3 is 6.09 Å². The van der Waals surface area contributed by atoms with Crippen molar-refractivity contribution in [2.75, 3.05) is 13.6 Å². The molecule has 0 saturated carbocycles. The van der Waals surface area contributed by atoms with Crippen LogP contribution in [-0.2, 0) is 27.2 Å². The van der Waals surface area contributed by atoms with Crippen molar-refractivity contribution < 1.29 is 33.0 Å². The molecule has 3 N–H and O–H groups in total. The molecule has 0 radical (unpaired) electrons. The fourth-order valence-corrected chi connectivity index (χ4v) is 3.78. The number of halogens is 2. The smallest absolute Gasteiger partial charge is 0.412 e. The fraction of sp³-hybridized carbons (Fsp3) is 0.296. The summed E-state index contributed by atoms with van der Waals surface area (Å²) in [4.78, 5) is 38.1. The first kappa shape index (κ1) is 27.5. The van der Waals surface area contributed by atoms with Crippen LogP contribution in [0.1, 0.15) is 18.1 Å². The molecule has 0 aliphatic heterocycles. The van der Waals surface area contributed by atoms with Crippen molar-refractivity contribution in [3.63, 3.8) is 0 Å². The number of amides is 3. The van der Waals surface area contributed by atoms with Gasteiger partial charge in [-0.05, 0) is 41.0 Å². The number of likely N-dealkylation sites (N-methyl/N-ethyl adjacent to an activating group) is 1. The molecule has 196 valence electrons. The number of rotatable bonds is 11. The molecule has 0 heterocycles. The van der Waals surface area contributed by atoms with Gasteiger partial charge in [0.2, 0.25) is 12.3 Å². The van der Waals surface area contributed by atoms with Gasteiger partial charge in [-0.1, -0.05) is 48.5 Å². The van der Waals surface area contributed by atoms with E-state index in [0.29, 0.717) is 6.41 Å². The number of carbonyl (C=O) groups excluding carboxylic acids is 3. The lowest BCUT2D eigenvalue weighted by Crippen LogP contribution is -2.51. The van der Waals surface area contributed by atoms with Crippen LogP contribution >= 0.6 is 0 Å². The number of nitrogens with zero attached hydrogens (tertiary/aromatic N) is 1. The lowest BCUT2D eigenvalue weighted by molar-refractivity contribution is -0.126.